The Morgan fingerprint density at radius 1 is 0.943 bits per heavy atom. The van der Waals surface area contributed by atoms with Crippen molar-refractivity contribution >= 4 is 6.16 Å². The molecule has 1 aliphatic rings. The molecule has 2 aromatic carbocycles. The van der Waals surface area contributed by atoms with E-state index in [2.05, 4.69) is 4.74 Å². The zero-order chi connectivity index (χ0) is 25.0. The van der Waals surface area contributed by atoms with Crippen LogP contribution in [0.4, 0.5) is 18.0 Å². The Bertz CT molecular complexity index is 1190. The lowest BCUT2D eigenvalue weighted by Crippen LogP contribution is -2.16. The molecule has 0 atom stereocenters. The van der Waals surface area contributed by atoms with Gasteiger partial charge < -0.3 is 18.9 Å². The normalized spacial score (nSPS) is 13.1. The van der Waals surface area contributed by atoms with Gasteiger partial charge in [-0.15, -0.1) is 13.2 Å². The van der Waals surface area contributed by atoms with Crippen LogP contribution in [0.15, 0.2) is 48.5 Å². The van der Waals surface area contributed by atoms with Crippen LogP contribution < -0.4 is 14.2 Å². The van der Waals surface area contributed by atoms with E-state index in [1.807, 2.05) is 19.1 Å². The van der Waals surface area contributed by atoms with Gasteiger partial charge in [0.2, 0.25) is 0 Å². The van der Waals surface area contributed by atoms with E-state index < -0.39 is 12.5 Å². The molecule has 0 saturated heterocycles. The molecule has 35 heavy (non-hydrogen) atoms. The van der Waals surface area contributed by atoms with Gasteiger partial charge in [-0.3, -0.25) is 4.98 Å². The minimum atomic E-state index is -4.75. The summed E-state index contributed by atoms with van der Waals surface area (Å²) in [6.07, 6.45) is -1.90. The fraction of sp³-hybridized carbons (Fsp3) is 0.308. The van der Waals surface area contributed by atoms with E-state index in [4.69, 9.17) is 19.2 Å². The Labute approximate surface area is 200 Å². The molecule has 0 radical (unpaired) electrons. The molecular weight excluding hydrogens is 463 g/mol. The van der Waals surface area contributed by atoms with Crippen molar-refractivity contribution in [2.24, 2.45) is 0 Å². The number of rotatable bonds is 6. The second-order valence-electron chi connectivity index (χ2n) is 7.96. The van der Waals surface area contributed by atoms with Crippen LogP contribution in [0.5, 0.6) is 23.0 Å². The molecule has 1 aromatic heterocycles. The van der Waals surface area contributed by atoms with Gasteiger partial charge in [0.15, 0.2) is 0 Å². The Morgan fingerprint density at radius 3 is 2.17 bits per heavy atom. The maximum absolute atomic E-state index is 12.3. The average molecular weight is 487 g/mol. The number of fused-ring (bicyclic) bond motifs is 1. The Balaban J connectivity index is 1.59. The molecule has 0 fully saturated rings. The van der Waals surface area contributed by atoms with E-state index in [-0.39, 0.29) is 12.4 Å². The minimum Gasteiger partial charge on any atom is -0.457 e. The zero-order valence-corrected chi connectivity index (χ0v) is 19.3. The Kier molecular flexibility index (Phi) is 7.14. The number of hydrogen-bond acceptors (Lipinski definition) is 6. The first kappa shape index (κ1) is 24.4. The first-order chi connectivity index (χ1) is 16.7. The number of halogens is 3. The van der Waals surface area contributed by atoms with Crippen molar-refractivity contribution in [1.82, 2.24) is 4.98 Å². The lowest BCUT2D eigenvalue weighted by molar-refractivity contribution is -0.274. The Hall–Kier alpha value is -3.75. The molecule has 0 aliphatic heterocycles. The molecule has 0 spiro atoms. The van der Waals surface area contributed by atoms with Gasteiger partial charge >= 0.3 is 12.5 Å². The van der Waals surface area contributed by atoms with Crippen molar-refractivity contribution in [2.75, 3.05) is 6.61 Å². The SMILES string of the molecule is CCOC(=O)Oc1c2c(nc(C)c1-c1ccc(Oc3ccc(OC(F)(F)F)cc3)cc1)CCCC2. The molecule has 0 N–H and O–H groups in total. The van der Waals surface area contributed by atoms with Crippen LogP contribution in [0.2, 0.25) is 0 Å². The number of carbonyl (C=O) groups excluding carboxylic acids is 1. The molecule has 3 aromatic rings. The maximum Gasteiger partial charge on any atom is 0.573 e. The van der Waals surface area contributed by atoms with Crippen LogP contribution in [0, 0.1) is 6.92 Å². The molecule has 0 amide bonds. The quantitative estimate of drug-likeness (QED) is 0.344. The third-order valence-corrected chi connectivity index (χ3v) is 5.49. The second-order valence-corrected chi connectivity index (χ2v) is 7.96. The topological polar surface area (TPSA) is 66.9 Å². The molecule has 1 heterocycles. The zero-order valence-electron chi connectivity index (χ0n) is 19.3. The standard InChI is InChI=1S/C26H24F3NO5/c1-3-32-25(31)34-24-21-6-4-5-7-22(21)30-16(2)23(24)17-8-10-18(11-9-17)33-19-12-14-20(15-13-19)35-26(27,28)29/h8-15H,3-7H2,1-2H3. The number of aryl methyl sites for hydroxylation is 2. The summed E-state index contributed by atoms with van der Waals surface area (Å²) in [7, 11) is 0. The highest BCUT2D eigenvalue weighted by atomic mass is 19.4. The summed E-state index contributed by atoms with van der Waals surface area (Å²) in [5.41, 5.74) is 4.09. The van der Waals surface area contributed by atoms with Gasteiger partial charge in [0.1, 0.15) is 23.0 Å². The highest BCUT2D eigenvalue weighted by Gasteiger charge is 2.31. The number of alkyl halides is 3. The summed E-state index contributed by atoms with van der Waals surface area (Å²) in [6, 6.07) is 12.2. The summed E-state index contributed by atoms with van der Waals surface area (Å²) in [6.45, 7) is 3.79. The molecule has 184 valence electrons. The summed E-state index contributed by atoms with van der Waals surface area (Å²) in [4.78, 5) is 17.0. The third kappa shape index (κ3) is 6.03. The fourth-order valence-corrected chi connectivity index (χ4v) is 4.05. The van der Waals surface area contributed by atoms with Gasteiger partial charge in [-0.2, -0.15) is 0 Å². The van der Waals surface area contributed by atoms with Gasteiger partial charge in [-0.05, 0) is 81.5 Å². The summed E-state index contributed by atoms with van der Waals surface area (Å²) in [5.74, 6) is 0.976. The lowest BCUT2D eigenvalue weighted by Gasteiger charge is -2.22. The van der Waals surface area contributed by atoms with Crippen LogP contribution in [0.25, 0.3) is 11.1 Å². The highest BCUT2D eigenvalue weighted by Crippen LogP contribution is 2.40. The Morgan fingerprint density at radius 2 is 1.54 bits per heavy atom. The monoisotopic (exact) mass is 487 g/mol. The molecule has 0 bridgehead atoms. The largest absolute Gasteiger partial charge is 0.573 e. The fourth-order valence-electron chi connectivity index (χ4n) is 4.05. The molecule has 1 aliphatic carbocycles. The summed E-state index contributed by atoms with van der Waals surface area (Å²) in [5, 5.41) is 0. The number of pyridine rings is 1. The predicted molar refractivity (Wildman–Crippen MR) is 122 cm³/mol. The predicted octanol–water partition coefficient (Wildman–Crippen LogP) is 7.16. The molecule has 0 saturated carbocycles. The molecular formula is C26H24F3NO5. The summed E-state index contributed by atoms with van der Waals surface area (Å²) >= 11 is 0. The smallest absolute Gasteiger partial charge is 0.457 e. The van der Waals surface area contributed by atoms with E-state index >= 15 is 0 Å². The van der Waals surface area contributed by atoms with Gasteiger partial charge in [0.25, 0.3) is 0 Å². The van der Waals surface area contributed by atoms with E-state index in [1.54, 1.807) is 19.1 Å². The average Bonchev–Trinajstić information content (AvgIpc) is 2.80. The van der Waals surface area contributed by atoms with Crippen LogP contribution in [-0.4, -0.2) is 24.1 Å². The van der Waals surface area contributed by atoms with E-state index in [9.17, 15) is 18.0 Å². The third-order valence-electron chi connectivity index (χ3n) is 5.49. The maximum atomic E-state index is 12.3. The lowest BCUT2D eigenvalue weighted by atomic mass is 9.91. The number of benzene rings is 2. The van der Waals surface area contributed by atoms with Gasteiger partial charge in [0, 0.05) is 22.5 Å². The highest BCUT2D eigenvalue weighted by molar-refractivity contribution is 5.79. The van der Waals surface area contributed by atoms with Crippen LogP contribution in [0.3, 0.4) is 0 Å². The number of hydrogen-bond donors (Lipinski definition) is 0. The van der Waals surface area contributed by atoms with Gasteiger partial charge in [-0.1, -0.05) is 12.1 Å². The molecule has 6 nitrogen and oxygen atoms in total. The first-order valence-electron chi connectivity index (χ1n) is 11.2. The molecule has 9 heteroatoms. The van der Waals surface area contributed by atoms with E-state index in [0.29, 0.717) is 22.8 Å². The van der Waals surface area contributed by atoms with Gasteiger partial charge in [0.05, 0.1) is 6.61 Å². The van der Waals surface area contributed by atoms with Crippen molar-refractivity contribution < 1.29 is 36.9 Å². The van der Waals surface area contributed by atoms with E-state index in [1.165, 1.54) is 24.3 Å². The number of ether oxygens (including phenoxy) is 4. The van der Waals surface area contributed by atoms with Gasteiger partial charge in [-0.25, -0.2) is 4.79 Å². The molecule has 4 rings (SSSR count). The second kappa shape index (κ2) is 10.2. The van der Waals surface area contributed by atoms with Crippen molar-refractivity contribution in [3.63, 3.8) is 0 Å². The number of carbonyl (C=O) groups is 1. The summed E-state index contributed by atoms with van der Waals surface area (Å²) < 4.78 is 57.3. The van der Waals surface area contributed by atoms with Crippen LogP contribution in [-0.2, 0) is 17.6 Å². The van der Waals surface area contributed by atoms with E-state index in [0.717, 1.165) is 48.2 Å². The van der Waals surface area contributed by atoms with Crippen LogP contribution in [0.1, 0.15) is 36.7 Å². The van der Waals surface area contributed by atoms with Crippen molar-refractivity contribution in [1.29, 1.82) is 0 Å². The minimum absolute atomic E-state index is 0.204. The van der Waals surface area contributed by atoms with Crippen molar-refractivity contribution in [3.05, 3.63) is 65.5 Å². The van der Waals surface area contributed by atoms with Crippen molar-refractivity contribution in [2.45, 2.75) is 45.9 Å². The number of nitrogens with zero attached hydrogens (tertiary/aromatic N) is 1. The first-order valence-corrected chi connectivity index (χ1v) is 11.2. The molecule has 0 unspecified atom stereocenters. The van der Waals surface area contributed by atoms with Crippen molar-refractivity contribution in [3.8, 4) is 34.1 Å². The van der Waals surface area contributed by atoms with Crippen LogP contribution >= 0.6 is 0 Å². The number of aromatic nitrogens is 1.